The number of hydrogen-bond acceptors (Lipinski definition) is 8. The zero-order valence-corrected chi connectivity index (χ0v) is 21.6. The Balaban J connectivity index is 1.21. The lowest BCUT2D eigenvalue weighted by molar-refractivity contribution is -0.386. The van der Waals surface area contributed by atoms with E-state index in [1.165, 1.54) is 24.9 Å². The Morgan fingerprint density at radius 2 is 1.85 bits per heavy atom. The molecule has 1 aromatic heterocycles. The summed E-state index contributed by atoms with van der Waals surface area (Å²) in [6.07, 6.45) is 1.01. The smallest absolute Gasteiger partial charge is 0.334 e. The van der Waals surface area contributed by atoms with Gasteiger partial charge in [-0.2, -0.15) is 0 Å². The molecular weight excluding hydrogens is 510 g/mol. The molecule has 206 valence electrons. The lowest BCUT2D eigenvalue weighted by Gasteiger charge is -2.42. The number of nitrogens with one attached hydrogen (secondary N) is 1. The zero-order chi connectivity index (χ0) is 27.8. The van der Waals surface area contributed by atoms with Crippen LogP contribution >= 0.6 is 0 Å². The van der Waals surface area contributed by atoms with E-state index < -0.39 is 34.2 Å². The number of benzene rings is 1. The van der Waals surface area contributed by atoms with Gasteiger partial charge in [-0.3, -0.25) is 29.4 Å². The molecule has 5 rings (SSSR count). The van der Waals surface area contributed by atoms with Gasteiger partial charge in [0.2, 0.25) is 5.91 Å². The maximum absolute atomic E-state index is 13.2. The molecule has 2 fully saturated rings. The van der Waals surface area contributed by atoms with Crippen LogP contribution in [-0.2, 0) is 22.6 Å². The number of piperidine rings is 1. The summed E-state index contributed by atoms with van der Waals surface area (Å²) >= 11 is 0. The highest BCUT2D eigenvalue weighted by atomic mass is 16.6. The first-order valence-corrected chi connectivity index (χ1v) is 12.7. The minimum Gasteiger partial charge on any atom is -0.493 e. The van der Waals surface area contributed by atoms with Gasteiger partial charge in [0.1, 0.15) is 6.04 Å². The third kappa shape index (κ3) is 4.91. The molecule has 1 aromatic carbocycles. The zero-order valence-electron chi connectivity index (χ0n) is 21.6. The summed E-state index contributed by atoms with van der Waals surface area (Å²) in [6.45, 7) is 1.15. The number of aromatic nitrogens is 1. The van der Waals surface area contributed by atoms with Crippen LogP contribution in [0.4, 0.5) is 10.5 Å². The average Bonchev–Trinajstić information content (AvgIpc) is 3.18. The Labute approximate surface area is 223 Å². The van der Waals surface area contributed by atoms with Gasteiger partial charge in [-0.05, 0) is 42.5 Å². The summed E-state index contributed by atoms with van der Waals surface area (Å²) in [5.74, 6) is 0.243. The second-order valence-corrected chi connectivity index (χ2v) is 10.0. The molecule has 39 heavy (non-hydrogen) atoms. The summed E-state index contributed by atoms with van der Waals surface area (Å²) in [7, 11) is 3.07. The van der Waals surface area contributed by atoms with Crippen LogP contribution in [0, 0.1) is 16.0 Å². The largest absolute Gasteiger partial charge is 0.493 e. The number of carbonyl (C=O) groups excluding carboxylic acids is 3. The van der Waals surface area contributed by atoms with Crippen molar-refractivity contribution in [2.75, 3.05) is 33.9 Å². The predicted octanol–water partition coefficient (Wildman–Crippen LogP) is 1.27. The molecule has 4 heterocycles. The van der Waals surface area contributed by atoms with Gasteiger partial charge in [-0.25, -0.2) is 4.79 Å². The number of imide groups is 1. The summed E-state index contributed by atoms with van der Waals surface area (Å²) in [5.41, 5.74) is 0.445. The van der Waals surface area contributed by atoms with Crippen molar-refractivity contribution in [3.05, 3.63) is 62.1 Å². The van der Waals surface area contributed by atoms with Crippen LogP contribution in [0.15, 0.2) is 35.1 Å². The maximum Gasteiger partial charge on any atom is 0.334 e. The van der Waals surface area contributed by atoms with Gasteiger partial charge in [-0.15, -0.1) is 0 Å². The van der Waals surface area contributed by atoms with Crippen molar-refractivity contribution in [2.45, 2.75) is 37.8 Å². The van der Waals surface area contributed by atoms with E-state index in [-0.39, 0.29) is 30.7 Å². The molecule has 13 nitrogen and oxygen atoms in total. The van der Waals surface area contributed by atoms with Gasteiger partial charge in [0.25, 0.3) is 5.91 Å². The van der Waals surface area contributed by atoms with Gasteiger partial charge >= 0.3 is 17.3 Å². The molecule has 0 radical (unpaired) electrons. The molecule has 0 saturated carbocycles. The average molecular weight is 540 g/mol. The van der Waals surface area contributed by atoms with Gasteiger partial charge < -0.3 is 24.3 Å². The summed E-state index contributed by atoms with van der Waals surface area (Å²) in [4.78, 5) is 64.6. The Hall–Kier alpha value is -4.42. The molecule has 1 N–H and O–H groups in total. The van der Waals surface area contributed by atoms with Crippen LogP contribution in [0.1, 0.15) is 30.0 Å². The third-order valence-corrected chi connectivity index (χ3v) is 7.69. The lowest BCUT2D eigenvalue weighted by atomic mass is 9.83. The van der Waals surface area contributed by atoms with Gasteiger partial charge in [0.05, 0.1) is 25.6 Å². The van der Waals surface area contributed by atoms with Crippen LogP contribution in [0.2, 0.25) is 0 Å². The topological polar surface area (TPSA) is 153 Å². The van der Waals surface area contributed by atoms with E-state index in [2.05, 4.69) is 5.32 Å². The van der Waals surface area contributed by atoms with E-state index in [9.17, 15) is 29.3 Å². The van der Waals surface area contributed by atoms with E-state index >= 15 is 0 Å². The van der Waals surface area contributed by atoms with E-state index in [1.54, 1.807) is 23.1 Å². The van der Waals surface area contributed by atoms with Crippen molar-refractivity contribution in [3.8, 4) is 11.5 Å². The molecule has 3 atom stereocenters. The quantitative estimate of drug-likeness (QED) is 0.299. The van der Waals surface area contributed by atoms with Crippen molar-refractivity contribution in [3.63, 3.8) is 0 Å². The van der Waals surface area contributed by atoms with Gasteiger partial charge in [-0.1, -0.05) is 6.07 Å². The molecule has 4 amide bonds. The van der Waals surface area contributed by atoms with E-state index in [1.807, 2.05) is 6.07 Å². The molecular formula is C26H29N5O8. The summed E-state index contributed by atoms with van der Waals surface area (Å²) in [6, 6.07) is 6.70. The summed E-state index contributed by atoms with van der Waals surface area (Å²) < 4.78 is 12.0. The first-order chi connectivity index (χ1) is 18.7. The minimum absolute atomic E-state index is 0.0354. The Bertz CT molecular complexity index is 1410. The molecule has 3 aliphatic rings. The number of fused-ring (bicyclic) bond motifs is 4. The second kappa shape index (κ2) is 10.4. The molecule has 1 unspecified atom stereocenters. The van der Waals surface area contributed by atoms with Crippen molar-refractivity contribution < 1.29 is 28.8 Å². The number of hydrogen-bond donors (Lipinski definition) is 1. The predicted molar refractivity (Wildman–Crippen MR) is 137 cm³/mol. The molecule has 0 aliphatic carbocycles. The van der Waals surface area contributed by atoms with Crippen LogP contribution in [0.25, 0.3) is 0 Å². The number of pyridine rings is 1. The molecule has 13 heteroatoms. The van der Waals surface area contributed by atoms with E-state index in [0.29, 0.717) is 43.2 Å². The van der Waals surface area contributed by atoms with Crippen molar-refractivity contribution in [1.29, 1.82) is 0 Å². The monoisotopic (exact) mass is 539 g/mol. The molecule has 2 aromatic rings. The first kappa shape index (κ1) is 26.2. The summed E-state index contributed by atoms with van der Waals surface area (Å²) in [5, 5.41) is 13.8. The number of methoxy groups -OCH3 is 2. The van der Waals surface area contributed by atoms with Crippen molar-refractivity contribution >= 4 is 23.5 Å². The number of rotatable bonds is 8. The number of nitro groups is 1. The molecule has 3 aliphatic heterocycles. The number of urea groups is 1. The Kier molecular flexibility index (Phi) is 6.98. The fourth-order valence-corrected chi connectivity index (χ4v) is 5.78. The third-order valence-electron chi connectivity index (χ3n) is 7.69. The fraction of sp³-hybridized carbons (Fsp3) is 0.462. The number of nitrogens with zero attached hydrogens (tertiary/aromatic N) is 4. The highest BCUT2D eigenvalue weighted by Gasteiger charge is 2.42. The molecule has 2 saturated heterocycles. The highest BCUT2D eigenvalue weighted by molar-refractivity contribution is 6.05. The Morgan fingerprint density at radius 1 is 1.08 bits per heavy atom. The minimum atomic E-state index is -0.949. The first-order valence-electron chi connectivity index (χ1n) is 12.7. The number of likely N-dealkylation sites (tertiary alicyclic amines) is 1. The number of carbonyl (C=O) groups is 3. The van der Waals surface area contributed by atoms with E-state index in [4.69, 9.17) is 9.47 Å². The van der Waals surface area contributed by atoms with Crippen molar-refractivity contribution in [2.24, 2.45) is 5.92 Å². The maximum atomic E-state index is 13.2. The SMILES string of the molecule is COc1ccc(CCN2C(=O)NC(CC(=O)N3C[C@H]4C[C@@H](C3)c3ccc([N+](=O)[O-])c(=O)n3C4)C2=O)cc1OC. The number of ether oxygens (including phenoxy) is 2. The normalized spacial score (nSPS) is 21.8. The lowest BCUT2D eigenvalue weighted by Crippen LogP contribution is -2.50. The van der Waals surface area contributed by atoms with Crippen LogP contribution < -0.4 is 20.3 Å². The standard InChI is InChI=1S/C26H29N5O8/c1-38-21-6-3-15(10-22(21)39-2)7-8-29-24(33)18(27-26(29)35)11-23(32)28-12-16-9-17(14-28)19-4-5-20(31(36)37)25(34)30(19)13-16/h3-6,10,16-18H,7-9,11-14H2,1-2H3,(H,27,35)/t16-,17+,18?/m1/s1. The van der Waals surface area contributed by atoms with Crippen LogP contribution in [0.3, 0.4) is 0 Å². The molecule has 2 bridgehead atoms. The highest BCUT2D eigenvalue weighted by Crippen LogP contribution is 2.36. The fourth-order valence-electron chi connectivity index (χ4n) is 5.78. The van der Waals surface area contributed by atoms with Gasteiger partial charge in [0.15, 0.2) is 11.5 Å². The van der Waals surface area contributed by atoms with Crippen LogP contribution in [-0.4, -0.2) is 77.0 Å². The van der Waals surface area contributed by atoms with Gasteiger partial charge in [0, 0.05) is 43.9 Å². The second-order valence-electron chi connectivity index (χ2n) is 10.0. The van der Waals surface area contributed by atoms with E-state index in [0.717, 1.165) is 16.9 Å². The molecule has 0 spiro atoms. The number of amides is 4. The van der Waals surface area contributed by atoms with Crippen LogP contribution in [0.5, 0.6) is 11.5 Å². The Morgan fingerprint density at radius 3 is 2.56 bits per heavy atom. The van der Waals surface area contributed by atoms with Crippen molar-refractivity contribution in [1.82, 2.24) is 19.7 Å².